The number of rotatable bonds is 6. The van der Waals surface area contributed by atoms with Gasteiger partial charge in [0.25, 0.3) is 0 Å². The zero-order chi connectivity index (χ0) is 15.4. The van der Waals surface area contributed by atoms with Crippen molar-refractivity contribution in [2.45, 2.75) is 50.4 Å². The summed E-state index contributed by atoms with van der Waals surface area (Å²) in [6.45, 7) is 5.48. The number of thioether (sulfide) groups is 1. The number of aryl methyl sites for hydroxylation is 2. The molecule has 0 atom stereocenters. The summed E-state index contributed by atoms with van der Waals surface area (Å²) in [7, 11) is 0. The second-order valence-corrected chi connectivity index (χ2v) is 7.36. The number of imidazole rings is 1. The second-order valence-electron chi connectivity index (χ2n) is 6.39. The Morgan fingerprint density at radius 1 is 1.23 bits per heavy atom. The number of hydrogen-bond acceptors (Lipinski definition) is 3. The number of aromatic nitrogens is 2. The van der Waals surface area contributed by atoms with Gasteiger partial charge in [-0.1, -0.05) is 43.8 Å². The van der Waals surface area contributed by atoms with Crippen LogP contribution in [0.5, 0.6) is 0 Å². The van der Waals surface area contributed by atoms with E-state index in [0.717, 1.165) is 30.3 Å². The molecule has 1 aliphatic rings. The Kier molecular flexibility index (Phi) is 5.08. The summed E-state index contributed by atoms with van der Waals surface area (Å²) < 4.78 is 0. The third-order valence-electron chi connectivity index (χ3n) is 4.02. The van der Waals surface area contributed by atoms with Crippen molar-refractivity contribution in [1.82, 2.24) is 9.97 Å². The van der Waals surface area contributed by atoms with E-state index in [9.17, 15) is 0 Å². The normalized spacial score (nSPS) is 14.1. The van der Waals surface area contributed by atoms with Crippen LogP contribution in [0.1, 0.15) is 43.6 Å². The summed E-state index contributed by atoms with van der Waals surface area (Å²) in [4.78, 5) is 8.26. The molecule has 0 amide bonds. The van der Waals surface area contributed by atoms with Crippen molar-refractivity contribution in [3.63, 3.8) is 0 Å². The molecule has 4 heteroatoms. The summed E-state index contributed by atoms with van der Waals surface area (Å²) in [5, 5.41) is 4.63. The molecule has 0 saturated heterocycles. The number of hydrogen-bond donors (Lipinski definition) is 2. The van der Waals surface area contributed by atoms with E-state index in [4.69, 9.17) is 4.98 Å². The highest BCUT2D eigenvalue weighted by atomic mass is 32.2. The molecule has 0 saturated carbocycles. The molecule has 0 aliphatic heterocycles. The number of para-hydroxylation sites is 1. The Hall–Kier alpha value is -1.42. The van der Waals surface area contributed by atoms with Gasteiger partial charge in [0, 0.05) is 23.7 Å². The average molecular weight is 315 g/mol. The molecule has 0 unspecified atom stereocenters. The van der Waals surface area contributed by atoms with Gasteiger partial charge in [-0.25, -0.2) is 4.98 Å². The monoisotopic (exact) mass is 315 g/mol. The molecule has 0 radical (unpaired) electrons. The molecule has 3 rings (SSSR count). The van der Waals surface area contributed by atoms with Crippen molar-refractivity contribution in [1.29, 1.82) is 0 Å². The van der Waals surface area contributed by atoms with Crippen LogP contribution in [0.3, 0.4) is 0 Å². The molecule has 1 aromatic carbocycles. The number of nitrogens with zero attached hydrogens (tertiary/aromatic N) is 1. The van der Waals surface area contributed by atoms with Gasteiger partial charge in [-0.2, -0.15) is 0 Å². The lowest BCUT2D eigenvalue weighted by Gasteiger charge is -2.13. The molecule has 0 spiro atoms. The molecule has 0 bridgehead atoms. The van der Waals surface area contributed by atoms with Crippen LogP contribution < -0.4 is 5.32 Å². The summed E-state index contributed by atoms with van der Waals surface area (Å²) in [5.74, 6) is 1.60. The Morgan fingerprint density at radius 3 is 2.86 bits per heavy atom. The van der Waals surface area contributed by atoms with E-state index >= 15 is 0 Å². The fourth-order valence-corrected chi connectivity index (χ4v) is 3.69. The van der Waals surface area contributed by atoms with Crippen molar-refractivity contribution >= 4 is 17.4 Å². The maximum atomic E-state index is 4.76. The number of aromatic amines is 1. The molecule has 1 heterocycles. The second kappa shape index (κ2) is 7.23. The quantitative estimate of drug-likeness (QED) is 0.762. The van der Waals surface area contributed by atoms with Gasteiger partial charge in [-0.15, -0.1) is 0 Å². The van der Waals surface area contributed by atoms with E-state index in [1.165, 1.54) is 35.5 Å². The molecular formula is C18H25N3S. The van der Waals surface area contributed by atoms with Gasteiger partial charge >= 0.3 is 0 Å². The number of benzene rings is 1. The van der Waals surface area contributed by atoms with Crippen LogP contribution in [-0.2, 0) is 18.6 Å². The summed E-state index contributed by atoms with van der Waals surface area (Å²) in [6, 6.07) is 8.59. The maximum absolute atomic E-state index is 4.76. The summed E-state index contributed by atoms with van der Waals surface area (Å²) >= 11 is 1.81. The minimum atomic E-state index is 0.650. The summed E-state index contributed by atoms with van der Waals surface area (Å²) in [6.07, 6.45) is 4.87. The molecule has 2 aromatic rings. The zero-order valence-corrected chi connectivity index (χ0v) is 14.3. The predicted octanol–water partition coefficient (Wildman–Crippen LogP) is 4.65. The van der Waals surface area contributed by atoms with Gasteiger partial charge in [-0.3, -0.25) is 0 Å². The lowest BCUT2D eigenvalue weighted by molar-refractivity contribution is 0.667. The van der Waals surface area contributed by atoms with Crippen molar-refractivity contribution in [2.75, 3.05) is 11.9 Å². The summed E-state index contributed by atoms with van der Waals surface area (Å²) in [5.41, 5.74) is 5.25. The third-order valence-corrected chi connectivity index (χ3v) is 4.94. The first-order chi connectivity index (χ1) is 10.7. The molecule has 1 aliphatic carbocycles. The van der Waals surface area contributed by atoms with Crippen LogP contribution in [0.2, 0.25) is 0 Å². The van der Waals surface area contributed by atoms with Crippen LogP contribution >= 0.6 is 11.8 Å². The van der Waals surface area contributed by atoms with Crippen LogP contribution in [0.15, 0.2) is 29.4 Å². The fraction of sp³-hybridized carbons (Fsp3) is 0.500. The van der Waals surface area contributed by atoms with Gasteiger partial charge in [0.15, 0.2) is 5.16 Å². The van der Waals surface area contributed by atoms with E-state index in [1.807, 2.05) is 11.8 Å². The topological polar surface area (TPSA) is 40.7 Å². The molecule has 0 fully saturated rings. The lowest BCUT2D eigenvalue weighted by Crippen LogP contribution is -2.09. The van der Waals surface area contributed by atoms with E-state index in [-0.39, 0.29) is 0 Å². The predicted molar refractivity (Wildman–Crippen MR) is 94.6 cm³/mol. The molecule has 3 nitrogen and oxygen atoms in total. The number of H-pyrrole nitrogens is 1. The molecule has 118 valence electrons. The Bertz CT molecular complexity index is 595. The Balaban J connectivity index is 1.64. The molecule has 22 heavy (non-hydrogen) atoms. The highest BCUT2D eigenvalue weighted by Gasteiger charge is 2.14. The van der Waals surface area contributed by atoms with Gasteiger partial charge in [0.05, 0.1) is 5.69 Å². The van der Waals surface area contributed by atoms with Crippen molar-refractivity contribution in [3.05, 3.63) is 41.2 Å². The highest BCUT2D eigenvalue weighted by Crippen LogP contribution is 2.28. The van der Waals surface area contributed by atoms with Crippen molar-refractivity contribution in [2.24, 2.45) is 5.92 Å². The SMILES string of the molecule is CC(C)CNc1ccccc1CSc1nc2c([nH]1)CCCC2. The minimum Gasteiger partial charge on any atom is -0.385 e. The van der Waals surface area contributed by atoms with Crippen LogP contribution in [-0.4, -0.2) is 16.5 Å². The minimum absolute atomic E-state index is 0.650. The van der Waals surface area contributed by atoms with Gasteiger partial charge in [-0.05, 0) is 43.2 Å². The Morgan fingerprint density at radius 2 is 2.05 bits per heavy atom. The van der Waals surface area contributed by atoms with Gasteiger partial charge in [0.1, 0.15) is 0 Å². The number of anilines is 1. The van der Waals surface area contributed by atoms with Crippen molar-refractivity contribution < 1.29 is 0 Å². The Labute approximate surface area is 137 Å². The number of fused-ring (bicyclic) bond motifs is 1. The third kappa shape index (κ3) is 3.86. The highest BCUT2D eigenvalue weighted by molar-refractivity contribution is 7.98. The lowest BCUT2D eigenvalue weighted by atomic mass is 10.0. The van der Waals surface area contributed by atoms with E-state index in [1.54, 1.807) is 0 Å². The van der Waals surface area contributed by atoms with Crippen molar-refractivity contribution in [3.8, 4) is 0 Å². The van der Waals surface area contributed by atoms with Crippen LogP contribution in [0.4, 0.5) is 5.69 Å². The largest absolute Gasteiger partial charge is 0.385 e. The standard InChI is InChI=1S/C18H25N3S/c1-13(2)11-19-15-8-4-3-7-14(15)12-22-18-20-16-9-5-6-10-17(16)21-18/h3-4,7-8,13,19H,5-6,9-12H2,1-2H3,(H,20,21). The smallest absolute Gasteiger partial charge is 0.166 e. The van der Waals surface area contributed by atoms with Gasteiger partial charge in [0.2, 0.25) is 0 Å². The van der Waals surface area contributed by atoms with Crippen LogP contribution in [0.25, 0.3) is 0 Å². The van der Waals surface area contributed by atoms with Crippen LogP contribution in [0, 0.1) is 5.92 Å². The van der Waals surface area contributed by atoms with E-state index in [2.05, 4.69) is 48.4 Å². The van der Waals surface area contributed by atoms with E-state index < -0.39 is 0 Å². The first kappa shape index (κ1) is 15.5. The first-order valence-electron chi connectivity index (χ1n) is 8.24. The zero-order valence-electron chi connectivity index (χ0n) is 13.5. The van der Waals surface area contributed by atoms with E-state index in [0.29, 0.717) is 5.92 Å². The fourth-order valence-electron chi connectivity index (χ4n) is 2.77. The molecular weight excluding hydrogens is 290 g/mol. The number of nitrogens with one attached hydrogen (secondary N) is 2. The first-order valence-corrected chi connectivity index (χ1v) is 9.23. The molecule has 2 N–H and O–H groups in total. The average Bonchev–Trinajstić information content (AvgIpc) is 2.94. The van der Waals surface area contributed by atoms with Gasteiger partial charge < -0.3 is 10.3 Å². The molecule has 1 aromatic heterocycles. The maximum Gasteiger partial charge on any atom is 0.166 e.